The van der Waals surface area contributed by atoms with Crippen LogP contribution in [0.5, 0.6) is 11.5 Å². The fraction of sp³-hybridized carbons (Fsp3) is 0.231. The summed E-state index contributed by atoms with van der Waals surface area (Å²) in [7, 11) is 1.58. The Morgan fingerprint density at radius 1 is 1.12 bits per heavy atom. The topological polar surface area (TPSA) is 59.9 Å². The number of ether oxygens (including phenoxy) is 2. The normalized spacial score (nSPS) is 11.5. The molecule has 0 aliphatic rings. The summed E-state index contributed by atoms with van der Waals surface area (Å²) >= 11 is 8.40. The van der Waals surface area contributed by atoms with E-state index in [0.29, 0.717) is 28.7 Å². The van der Waals surface area contributed by atoms with Crippen molar-refractivity contribution < 1.29 is 14.3 Å². The van der Waals surface area contributed by atoms with Gasteiger partial charge >= 0.3 is 0 Å². The zero-order valence-corrected chi connectivity index (χ0v) is 21.9. The van der Waals surface area contributed by atoms with E-state index in [1.807, 2.05) is 54.6 Å². The van der Waals surface area contributed by atoms with E-state index in [4.69, 9.17) is 21.1 Å². The lowest BCUT2D eigenvalue weighted by atomic mass is 9.87. The summed E-state index contributed by atoms with van der Waals surface area (Å²) in [4.78, 5) is 12.4. The summed E-state index contributed by atoms with van der Waals surface area (Å²) in [5, 5.41) is 4.75. The van der Waals surface area contributed by atoms with Crippen molar-refractivity contribution in [3.05, 3.63) is 91.5 Å². The molecule has 7 heteroatoms. The molecule has 0 fully saturated rings. The second-order valence-electron chi connectivity index (χ2n) is 8.44. The Hall–Kier alpha value is -2.58. The van der Waals surface area contributed by atoms with Crippen molar-refractivity contribution >= 4 is 46.3 Å². The van der Waals surface area contributed by atoms with Crippen LogP contribution in [-0.4, -0.2) is 19.2 Å². The Kier molecular flexibility index (Phi) is 8.37. The Morgan fingerprint density at radius 3 is 2.45 bits per heavy atom. The minimum atomic E-state index is -0.270. The van der Waals surface area contributed by atoms with Gasteiger partial charge < -0.3 is 9.47 Å². The molecule has 5 nitrogen and oxygen atoms in total. The number of hydrogen-bond acceptors (Lipinski definition) is 4. The molecule has 33 heavy (non-hydrogen) atoms. The zero-order chi connectivity index (χ0) is 24.0. The third-order valence-electron chi connectivity index (χ3n) is 4.97. The minimum absolute atomic E-state index is 0.0343. The van der Waals surface area contributed by atoms with Crippen LogP contribution < -0.4 is 14.9 Å². The summed E-state index contributed by atoms with van der Waals surface area (Å²) in [6.45, 7) is 6.73. The first kappa shape index (κ1) is 25.1. The second kappa shape index (κ2) is 11.0. The van der Waals surface area contributed by atoms with Gasteiger partial charge in [-0.2, -0.15) is 5.10 Å². The van der Waals surface area contributed by atoms with Crippen LogP contribution in [0.4, 0.5) is 0 Å². The van der Waals surface area contributed by atoms with Crippen molar-refractivity contribution in [3.8, 4) is 11.5 Å². The SMILES string of the molecule is COc1cc(/C=N\NC(=O)c2ccc(C(C)(C)C)cc2)cc(I)c1OCc1ccccc1Cl. The van der Waals surface area contributed by atoms with E-state index < -0.39 is 0 Å². The van der Waals surface area contributed by atoms with E-state index >= 15 is 0 Å². The van der Waals surface area contributed by atoms with Crippen LogP contribution in [0, 0.1) is 3.57 Å². The van der Waals surface area contributed by atoms with Crippen LogP contribution in [0.3, 0.4) is 0 Å². The lowest BCUT2D eigenvalue weighted by Crippen LogP contribution is -2.18. The molecule has 0 aliphatic heterocycles. The molecule has 1 amide bonds. The summed E-state index contributed by atoms with van der Waals surface area (Å²) in [5.74, 6) is 0.922. The maximum Gasteiger partial charge on any atom is 0.271 e. The quantitative estimate of drug-likeness (QED) is 0.196. The van der Waals surface area contributed by atoms with Crippen LogP contribution in [0.2, 0.25) is 5.02 Å². The second-order valence-corrected chi connectivity index (χ2v) is 10.0. The highest BCUT2D eigenvalue weighted by Crippen LogP contribution is 2.34. The highest BCUT2D eigenvalue weighted by molar-refractivity contribution is 14.1. The molecular weight excluding hydrogens is 551 g/mol. The molecule has 0 radical (unpaired) electrons. The first-order valence-corrected chi connectivity index (χ1v) is 11.8. The minimum Gasteiger partial charge on any atom is -0.493 e. The molecule has 0 heterocycles. The average Bonchev–Trinajstić information content (AvgIpc) is 2.78. The number of amides is 1. The number of carbonyl (C=O) groups is 1. The lowest BCUT2D eigenvalue weighted by molar-refractivity contribution is 0.0955. The molecule has 3 rings (SSSR count). The number of benzene rings is 3. The molecule has 0 saturated carbocycles. The van der Waals surface area contributed by atoms with Gasteiger partial charge in [0.25, 0.3) is 5.91 Å². The van der Waals surface area contributed by atoms with E-state index in [0.717, 1.165) is 14.7 Å². The molecule has 3 aromatic carbocycles. The largest absolute Gasteiger partial charge is 0.493 e. The Labute approximate surface area is 213 Å². The third kappa shape index (κ3) is 6.71. The Morgan fingerprint density at radius 2 is 1.82 bits per heavy atom. The van der Waals surface area contributed by atoms with Crippen LogP contribution >= 0.6 is 34.2 Å². The van der Waals surface area contributed by atoms with Gasteiger partial charge in [0.1, 0.15) is 6.61 Å². The van der Waals surface area contributed by atoms with Crippen molar-refractivity contribution in [1.82, 2.24) is 5.43 Å². The fourth-order valence-electron chi connectivity index (χ4n) is 3.07. The maximum atomic E-state index is 12.4. The number of hydrogen-bond donors (Lipinski definition) is 1. The maximum absolute atomic E-state index is 12.4. The predicted molar refractivity (Wildman–Crippen MR) is 142 cm³/mol. The molecule has 0 unspecified atom stereocenters. The van der Waals surface area contributed by atoms with Gasteiger partial charge in [-0.05, 0) is 69.5 Å². The number of methoxy groups -OCH3 is 1. The molecule has 0 aliphatic carbocycles. The van der Waals surface area contributed by atoms with Gasteiger partial charge in [0.15, 0.2) is 11.5 Å². The summed E-state index contributed by atoms with van der Waals surface area (Å²) < 4.78 is 12.3. The smallest absolute Gasteiger partial charge is 0.271 e. The number of hydrazone groups is 1. The van der Waals surface area contributed by atoms with Crippen molar-refractivity contribution in [1.29, 1.82) is 0 Å². The van der Waals surface area contributed by atoms with Crippen LogP contribution in [0.1, 0.15) is 47.8 Å². The first-order chi connectivity index (χ1) is 15.7. The molecule has 3 aromatic rings. The van der Waals surface area contributed by atoms with Crippen molar-refractivity contribution in [3.63, 3.8) is 0 Å². The number of carbonyl (C=O) groups excluding carboxylic acids is 1. The monoisotopic (exact) mass is 576 g/mol. The summed E-state index contributed by atoms with van der Waals surface area (Å²) in [6, 6.07) is 18.8. The van der Waals surface area contributed by atoms with Crippen molar-refractivity contribution in [2.75, 3.05) is 7.11 Å². The summed E-state index contributed by atoms with van der Waals surface area (Å²) in [5.41, 5.74) is 5.98. The van der Waals surface area contributed by atoms with E-state index in [2.05, 4.69) is 53.9 Å². The highest BCUT2D eigenvalue weighted by Gasteiger charge is 2.15. The Bertz CT molecular complexity index is 1160. The fourth-order valence-corrected chi connectivity index (χ4v) is 4.04. The Balaban J connectivity index is 1.67. The van der Waals surface area contributed by atoms with E-state index in [1.165, 1.54) is 5.56 Å². The van der Waals surface area contributed by atoms with Gasteiger partial charge in [-0.3, -0.25) is 4.79 Å². The van der Waals surface area contributed by atoms with Crippen LogP contribution in [0.15, 0.2) is 65.8 Å². The zero-order valence-electron chi connectivity index (χ0n) is 19.0. The average molecular weight is 577 g/mol. The number of halogens is 2. The van der Waals surface area contributed by atoms with Crippen molar-refractivity contribution in [2.45, 2.75) is 32.8 Å². The molecular formula is C26H26ClIN2O3. The number of nitrogens with zero attached hydrogens (tertiary/aromatic N) is 1. The van der Waals surface area contributed by atoms with E-state index in [1.54, 1.807) is 19.4 Å². The number of rotatable bonds is 7. The first-order valence-electron chi connectivity index (χ1n) is 10.4. The molecule has 0 spiro atoms. The van der Waals surface area contributed by atoms with Gasteiger partial charge in [-0.15, -0.1) is 0 Å². The van der Waals surface area contributed by atoms with Gasteiger partial charge in [0.05, 0.1) is 16.9 Å². The van der Waals surface area contributed by atoms with Gasteiger partial charge in [0, 0.05) is 16.1 Å². The van der Waals surface area contributed by atoms with E-state index in [-0.39, 0.29) is 11.3 Å². The lowest BCUT2D eigenvalue weighted by Gasteiger charge is -2.18. The molecule has 0 aromatic heterocycles. The van der Waals surface area contributed by atoms with Crippen LogP contribution in [-0.2, 0) is 12.0 Å². The number of nitrogens with one attached hydrogen (secondary N) is 1. The van der Waals surface area contributed by atoms with E-state index in [9.17, 15) is 4.79 Å². The standard InChI is InChI=1S/C26H26ClIN2O3/c1-26(2,3)20-11-9-18(10-12-20)25(31)30-29-15-17-13-22(28)24(23(14-17)32-4)33-16-19-7-5-6-8-21(19)27/h5-15H,16H2,1-4H3,(H,30,31)/b29-15-. The third-order valence-corrected chi connectivity index (χ3v) is 6.14. The molecule has 0 saturated heterocycles. The molecule has 0 atom stereocenters. The molecule has 172 valence electrons. The highest BCUT2D eigenvalue weighted by atomic mass is 127. The van der Waals surface area contributed by atoms with Gasteiger partial charge in [-0.1, -0.05) is 62.7 Å². The van der Waals surface area contributed by atoms with Crippen molar-refractivity contribution in [2.24, 2.45) is 5.10 Å². The van der Waals surface area contributed by atoms with Crippen LogP contribution in [0.25, 0.3) is 0 Å². The van der Waals surface area contributed by atoms with Gasteiger partial charge in [0.2, 0.25) is 0 Å². The predicted octanol–water partition coefficient (Wildman–Crippen LogP) is 6.59. The van der Waals surface area contributed by atoms with Gasteiger partial charge in [-0.25, -0.2) is 5.43 Å². The molecule has 1 N–H and O–H groups in total. The molecule has 0 bridgehead atoms. The summed E-state index contributed by atoms with van der Waals surface area (Å²) in [6.07, 6.45) is 1.57.